The Hall–Kier alpha value is -1.81. The summed E-state index contributed by atoms with van der Waals surface area (Å²) in [5.41, 5.74) is 8.72. The first kappa shape index (κ1) is 13.2. The highest BCUT2D eigenvalue weighted by Crippen LogP contribution is 2.31. The Bertz CT molecular complexity index is 656. The number of rotatable bonds is 4. The van der Waals surface area contributed by atoms with Gasteiger partial charge in [0.15, 0.2) is 5.76 Å². The summed E-state index contributed by atoms with van der Waals surface area (Å²) in [7, 11) is 0. The Kier molecular flexibility index (Phi) is 3.26. The quantitative estimate of drug-likeness (QED) is 0.898. The number of hydrogen-bond acceptors (Lipinski definition) is 3. The molecule has 1 amide bonds. The minimum absolute atomic E-state index is 0.0605. The van der Waals surface area contributed by atoms with Gasteiger partial charge in [0.05, 0.1) is 0 Å². The number of hydrogen-bond donors (Lipinski definition) is 2. The van der Waals surface area contributed by atoms with Crippen molar-refractivity contribution in [1.82, 2.24) is 5.32 Å². The molecule has 3 N–H and O–H groups in total. The van der Waals surface area contributed by atoms with Crippen LogP contribution in [0, 0.1) is 19.8 Å². The van der Waals surface area contributed by atoms with Crippen molar-refractivity contribution in [3.05, 3.63) is 35.1 Å². The predicted octanol–water partition coefficient (Wildman–Crippen LogP) is 2.52. The Morgan fingerprint density at radius 3 is 2.85 bits per heavy atom. The van der Waals surface area contributed by atoms with Crippen LogP contribution in [0.15, 0.2) is 22.6 Å². The number of nitrogens with one attached hydrogen (secondary N) is 1. The van der Waals surface area contributed by atoms with E-state index < -0.39 is 0 Å². The molecular formula is C16H20N2O2. The van der Waals surface area contributed by atoms with Crippen molar-refractivity contribution < 1.29 is 9.21 Å². The number of benzene rings is 1. The average molecular weight is 272 g/mol. The molecule has 1 heterocycles. The van der Waals surface area contributed by atoms with Gasteiger partial charge >= 0.3 is 0 Å². The number of aryl methyl sites for hydroxylation is 2. The zero-order valence-electron chi connectivity index (χ0n) is 11.9. The fourth-order valence-electron chi connectivity index (χ4n) is 2.58. The van der Waals surface area contributed by atoms with E-state index in [0.717, 1.165) is 22.1 Å². The van der Waals surface area contributed by atoms with Crippen LogP contribution in [0.2, 0.25) is 0 Å². The standard InChI is InChI=1S/C16H20N2O2/c1-9-4-3-5-12-10(2)15(20-14(9)12)16(19)18-8-13(17)11-6-7-11/h3-5,11,13H,6-8,17H2,1-2H3,(H,18,19). The maximum atomic E-state index is 12.2. The number of carbonyl (C=O) groups excluding carboxylic acids is 1. The minimum Gasteiger partial charge on any atom is -0.450 e. The summed E-state index contributed by atoms with van der Waals surface area (Å²) in [4.78, 5) is 12.2. The Labute approximate surface area is 118 Å². The summed E-state index contributed by atoms with van der Waals surface area (Å²) >= 11 is 0. The van der Waals surface area contributed by atoms with Gasteiger partial charge in [-0.25, -0.2) is 0 Å². The molecule has 0 aliphatic heterocycles. The maximum Gasteiger partial charge on any atom is 0.287 e. The van der Waals surface area contributed by atoms with E-state index >= 15 is 0 Å². The van der Waals surface area contributed by atoms with Crippen LogP contribution in [-0.2, 0) is 0 Å². The van der Waals surface area contributed by atoms with Gasteiger partial charge in [-0.15, -0.1) is 0 Å². The fraction of sp³-hybridized carbons (Fsp3) is 0.438. The van der Waals surface area contributed by atoms with Gasteiger partial charge in [-0.3, -0.25) is 4.79 Å². The number of furan rings is 1. The molecule has 3 rings (SSSR count). The topological polar surface area (TPSA) is 68.3 Å². The van der Waals surface area contributed by atoms with Crippen molar-refractivity contribution in [1.29, 1.82) is 0 Å². The van der Waals surface area contributed by atoms with Gasteiger partial charge < -0.3 is 15.5 Å². The van der Waals surface area contributed by atoms with Crippen molar-refractivity contribution in [2.75, 3.05) is 6.54 Å². The molecule has 106 valence electrons. The second-order valence-corrected chi connectivity index (χ2v) is 5.72. The van der Waals surface area contributed by atoms with E-state index in [1.165, 1.54) is 12.8 Å². The highest BCUT2D eigenvalue weighted by atomic mass is 16.3. The molecule has 2 aromatic rings. The molecule has 4 nitrogen and oxygen atoms in total. The van der Waals surface area contributed by atoms with E-state index in [0.29, 0.717) is 18.2 Å². The molecule has 4 heteroatoms. The number of fused-ring (bicyclic) bond motifs is 1. The second-order valence-electron chi connectivity index (χ2n) is 5.72. The second kappa shape index (κ2) is 4.94. The van der Waals surface area contributed by atoms with Gasteiger partial charge in [0.25, 0.3) is 5.91 Å². The van der Waals surface area contributed by atoms with E-state index in [4.69, 9.17) is 10.2 Å². The van der Waals surface area contributed by atoms with Gasteiger partial charge in [0.1, 0.15) is 5.58 Å². The summed E-state index contributed by atoms with van der Waals surface area (Å²) in [6, 6.07) is 6.00. The largest absolute Gasteiger partial charge is 0.450 e. The minimum atomic E-state index is -0.172. The van der Waals surface area contributed by atoms with Crippen molar-refractivity contribution >= 4 is 16.9 Å². The zero-order valence-corrected chi connectivity index (χ0v) is 11.9. The summed E-state index contributed by atoms with van der Waals surface area (Å²) in [6.07, 6.45) is 2.36. The fourth-order valence-corrected chi connectivity index (χ4v) is 2.58. The highest BCUT2D eigenvalue weighted by Gasteiger charge is 2.29. The molecule has 1 aliphatic rings. The first-order valence-electron chi connectivity index (χ1n) is 7.10. The summed E-state index contributed by atoms with van der Waals surface area (Å²) < 4.78 is 5.75. The van der Waals surface area contributed by atoms with Crippen molar-refractivity contribution in [3.8, 4) is 0 Å². The third-order valence-corrected chi connectivity index (χ3v) is 4.09. The van der Waals surface area contributed by atoms with Crippen molar-refractivity contribution in [3.63, 3.8) is 0 Å². The van der Waals surface area contributed by atoms with Gasteiger partial charge in [-0.2, -0.15) is 0 Å². The van der Waals surface area contributed by atoms with Crippen LogP contribution in [0.5, 0.6) is 0 Å². The molecule has 0 bridgehead atoms. The Morgan fingerprint density at radius 1 is 1.45 bits per heavy atom. The number of nitrogens with two attached hydrogens (primary N) is 1. The molecular weight excluding hydrogens is 252 g/mol. The number of amides is 1. The molecule has 1 fully saturated rings. The van der Waals surface area contributed by atoms with Crippen LogP contribution < -0.4 is 11.1 Å². The van der Waals surface area contributed by atoms with Gasteiger partial charge in [0, 0.05) is 23.5 Å². The number of para-hydroxylation sites is 1. The molecule has 0 radical (unpaired) electrons. The number of carbonyl (C=O) groups is 1. The highest BCUT2D eigenvalue weighted by molar-refractivity contribution is 5.99. The Balaban J connectivity index is 1.80. The average Bonchev–Trinajstić information content (AvgIpc) is 3.22. The molecule has 1 aromatic heterocycles. The predicted molar refractivity (Wildman–Crippen MR) is 78.7 cm³/mol. The zero-order chi connectivity index (χ0) is 14.3. The van der Waals surface area contributed by atoms with Crippen molar-refractivity contribution in [2.24, 2.45) is 11.7 Å². The SMILES string of the molecule is Cc1c(C(=O)NCC(N)C2CC2)oc2c(C)cccc12. The van der Waals surface area contributed by atoms with E-state index in [-0.39, 0.29) is 11.9 Å². The van der Waals surface area contributed by atoms with Gasteiger partial charge in [-0.05, 0) is 38.2 Å². The lowest BCUT2D eigenvalue weighted by atomic mass is 10.1. The van der Waals surface area contributed by atoms with E-state index in [1.54, 1.807) is 0 Å². The van der Waals surface area contributed by atoms with Crippen LogP contribution in [0.4, 0.5) is 0 Å². The molecule has 1 atom stereocenters. The Morgan fingerprint density at radius 2 is 2.20 bits per heavy atom. The third kappa shape index (κ3) is 2.31. The first-order chi connectivity index (χ1) is 9.58. The van der Waals surface area contributed by atoms with Gasteiger partial charge in [-0.1, -0.05) is 18.2 Å². The third-order valence-electron chi connectivity index (χ3n) is 4.09. The smallest absolute Gasteiger partial charge is 0.287 e. The lowest BCUT2D eigenvalue weighted by Gasteiger charge is -2.10. The van der Waals surface area contributed by atoms with Crippen LogP contribution in [0.3, 0.4) is 0 Å². The van der Waals surface area contributed by atoms with Crippen molar-refractivity contribution in [2.45, 2.75) is 32.7 Å². The van der Waals surface area contributed by atoms with E-state index in [1.807, 2.05) is 32.0 Å². The van der Waals surface area contributed by atoms with E-state index in [9.17, 15) is 4.79 Å². The monoisotopic (exact) mass is 272 g/mol. The first-order valence-corrected chi connectivity index (χ1v) is 7.10. The molecule has 1 unspecified atom stereocenters. The molecule has 0 spiro atoms. The molecule has 1 aliphatic carbocycles. The van der Waals surface area contributed by atoms with Crippen LogP contribution in [0.1, 0.15) is 34.5 Å². The molecule has 0 saturated heterocycles. The molecule has 20 heavy (non-hydrogen) atoms. The summed E-state index contributed by atoms with van der Waals surface area (Å²) in [5, 5.41) is 3.89. The van der Waals surface area contributed by atoms with Crippen LogP contribution in [0.25, 0.3) is 11.0 Å². The summed E-state index contributed by atoms with van der Waals surface area (Å²) in [6.45, 7) is 4.41. The lowest BCUT2D eigenvalue weighted by Crippen LogP contribution is -2.38. The van der Waals surface area contributed by atoms with Crippen LogP contribution >= 0.6 is 0 Å². The maximum absolute atomic E-state index is 12.2. The molecule has 1 saturated carbocycles. The normalized spacial score (nSPS) is 16.4. The van der Waals surface area contributed by atoms with Gasteiger partial charge in [0.2, 0.25) is 0 Å². The van der Waals surface area contributed by atoms with Crippen LogP contribution in [-0.4, -0.2) is 18.5 Å². The van der Waals surface area contributed by atoms with E-state index in [2.05, 4.69) is 5.32 Å². The summed E-state index contributed by atoms with van der Waals surface area (Å²) in [5.74, 6) is 0.806. The lowest BCUT2D eigenvalue weighted by molar-refractivity contribution is 0.0924. The molecule has 1 aromatic carbocycles.